The molecule has 122 valence electrons. The van der Waals surface area contributed by atoms with Crippen LogP contribution in [-0.4, -0.2) is 22.3 Å². The maximum absolute atomic E-state index is 5.21. The molecule has 0 saturated carbocycles. The van der Waals surface area contributed by atoms with Crippen molar-refractivity contribution in [2.45, 2.75) is 13.5 Å². The van der Waals surface area contributed by atoms with Crippen molar-refractivity contribution in [1.29, 1.82) is 0 Å². The number of methoxy groups -OCH3 is 1. The van der Waals surface area contributed by atoms with Gasteiger partial charge in [0.05, 0.1) is 13.3 Å². The molecule has 2 aromatic carbocycles. The molecule has 3 rings (SSSR count). The number of anilines is 3. The van der Waals surface area contributed by atoms with Gasteiger partial charge in [-0.3, -0.25) is 0 Å². The highest BCUT2D eigenvalue weighted by Crippen LogP contribution is 2.20. The lowest BCUT2D eigenvalue weighted by molar-refractivity contribution is 0.415. The topological polar surface area (TPSA) is 72.0 Å². The first-order valence-electron chi connectivity index (χ1n) is 7.63. The van der Waals surface area contributed by atoms with E-state index in [9.17, 15) is 0 Å². The molecule has 0 spiro atoms. The normalized spacial score (nSPS) is 10.2. The summed E-state index contributed by atoms with van der Waals surface area (Å²) < 4.78 is 5.21. The molecule has 3 aromatic rings. The van der Waals surface area contributed by atoms with Crippen molar-refractivity contribution in [2.24, 2.45) is 0 Å². The Morgan fingerprint density at radius 1 is 1.08 bits per heavy atom. The number of ether oxygens (including phenoxy) is 1. The van der Waals surface area contributed by atoms with Gasteiger partial charge in [0.25, 0.3) is 0 Å². The number of nitrogens with zero attached hydrogens (tertiary/aromatic N) is 3. The molecule has 0 aliphatic heterocycles. The molecule has 0 bridgehead atoms. The van der Waals surface area contributed by atoms with E-state index in [0.717, 1.165) is 17.0 Å². The second-order valence-corrected chi connectivity index (χ2v) is 5.36. The summed E-state index contributed by atoms with van der Waals surface area (Å²) in [5.41, 5.74) is 3.27. The van der Waals surface area contributed by atoms with Gasteiger partial charge in [-0.15, -0.1) is 5.10 Å². The molecule has 1 heterocycles. The van der Waals surface area contributed by atoms with Crippen LogP contribution in [0.3, 0.4) is 0 Å². The summed E-state index contributed by atoms with van der Waals surface area (Å²) in [7, 11) is 1.64. The third-order valence-corrected chi connectivity index (χ3v) is 3.47. The van der Waals surface area contributed by atoms with Gasteiger partial charge in [0, 0.05) is 18.3 Å². The van der Waals surface area contributed by atoms with Crippen molar-refractivity contribution in [1.82, 2.24) is 15.2 Å². The molecular formula is C18H19N5O. The van der Waals surface area contributed by atoms with E-state index < -0.39 is 0 Å². The predicted molar refractivity (Wildman–Crippen MR) is 94.6 cm³/mol. The largest absolute Gasteiger partial charge is 0.497 e. The smallest absolute Gasteiger partial charge is 0.244 e. The monoisotopic (exact) mass is 321 g/mol. The molecule has 0 fully saturated rings. The van der Waals surface area contributed by atoms with E-state index in [4.69, 9.17) is 4.74 Å². The van der Waals surface area contributed by atoms with E-state index in [1.165, 1.54) is 5.56 Å². The average Bonchev–Trinajstić information content (AvgIpc) is 2.62. The van der Waals surface area contributed by atoms with Crippen LogP contribution in [0.25, 0.3) is 0 Å². The van der Waals surface area contributed by atoms with E-state index in [2.05, 4.69) is 57.0 Å². The fourth-order valence-electron chi connectivity index (χ4n) is 2.17. The van der Waals surface area contributed by atoms with E-state index in [-0.39, 0.29) is 0 Å². The van der Waals surface area contributed by atoms with Crippen LogP contribution >= 0.6 is 0 Å². The van der Waals surface area contributed by atoms with Gasteiger partial charge in [0.1, 0.15) is 5.75 Å². The Balaban J connectivity index is 1.66. The summed E-state index contributed by atoms with van der Waals surface area (Å²) in [6.45, 7) is 2.71. The summed E-state index contributed by atoms with van der Waals surface area (Å²) in [5, 5.41) is 14.4. The van der Waals surface area contributed by atoms with Gasteiger partial charge in [-0.2, -0.15) is 10.1 Å². The van der Waals surface area contributed by atoms with E-state index in [1.54, 1.807) is 13.3 Å². The highest BCUT2D eigenvalue weighted by molar-refractivity contribution is 5.58. The quantitative estimate of drug-likeness (QED) is 0.723. The first-order valence-corrected chi connectivity index (χ1v) is 7.63. The maximum Gasteiger partial charge on any atom is 0.244 e. The Kier molecular flexibility index (Phi) is 4.86. The maximum atomic E-state index is 5.21. The van der Waals surface area contributed by atoms with Crippen molar-refractivity contribution in [3.05, 3.63) is 65.9 Å². The van der Waals surface area contributed by atoms with Crippen molar-refractivity contribution in [3.8, 4) is 5.75 Å². The Morgan fingerprint density at radius 3 is 2.71 bits per heavy atom. The van der Waals surface area contributed by atoms with Crippen LogP contribution in [0.4, 0.5) is 17.5 Å². The molecule has 0 amide bonds. The van der Waals surface area contributed by atoms with Crippen molar-refractivity contribution < 1.29 is 4.74 Å². The minimum Gasteiger partial charge on any atom is -0.497 e. The summed E-state index contributed by atoms with van der Waals surface area (Å²) in [5.74, 6) is 1.87. The zero-order valence-corrected chi connectivity index (χ0v) is 13.7. The molecule has 2 N–H and O–H groups in total. The highest BCUT2D eigenvalue weighted by Gasteiger charge is 2.02. The average molecular weight is 321 g/mol. The fourth-order valence-corrected chi connectivity index (χ4v) is 2.17. The van der Waals surface area contributed by atoms with Crippen LogP contribution in [0, 0.1) is 6.92 Å². The Hall–Kier alpha value is -3.15. The lowest BCUT2D eigenvalue weighted by Crippen LogP contribution is -2.06. The molecule has 0 unspecified atom stereocenters. The zero-order chi connectivity index (χ0) is 16.8. The molecule has 0 aliphatic carbocycles. The van der Waals surface area contributed by atoms with Crippen LogP contribution in [0.5, 0.6) is 5.75 Å². The fraction of sp³-hybridized carbons (Fsp3) is 0.167. The second-order valence-electron chi connectivity index (χ2n) is 5.36. The number of hydrogen-bond acceptors (Lipinski definition) is 6. The van der Waals surface area contributed by atoms with Crippen molar-refractivity contribution in [3.63, 3.8) is 0 Å². The molecular weight excluding hydrogens is 302 g/mol. The number of hydrogen-bond donors (Lipinski definition) is 2. The minimum absolute atomic E-state index is 0.475. The van der Waals surface area contributed by atoms with Gasteiger partial charge in [-0.05, 0) is 24.6 Å². The van der Waals surface area contributed by atoms with Gasteiger partial charge in [0.15, 0.2) is 5.82 Å². The van der Waals surface area contributed by atoms with Crippen molar-refractivity contribution in [2.75, 3.05) is 17.7 Å². The molecule has 0 atom stereocenters. The summed E-state index contributed by atoms with van der Waals surface area (Å²) >= 11 is 0. The summed E-state index contributed by atoms with van der Waals surface area (Å²) in [6, 6.07) is 15.9. The van der Waals surface area contributed by atoms with Gasteiger partial charge in [0.2, 0.25) is 5.95 Å². The zero-order valence-electron chi connectivity index (χ0n) is 13.7. The van der Waals surface area contributed by atoms with Gasteiger partial charge >= 0.3 is 0 Å². The highest BCUT2D eigenvalue weighted by atomic mass is 16.5. The van der Waals surface area contributed by atoms with E-state index in [1.807, 2.05) is 24.3 Å². The standard InChI is InChI=1S/C18H19N5O/c1-13-6-8-14(9-7-13)11-19-18-22-17(12-20-23-18)21-15-4-3-5-16(10-15)24-2/h3-10,12H,11H2,1-2H3,(H2,19,21,22,23). The molecule has 1 aromatic heterocycles. The Labute approximate surface area is 140 Å². The lowest BCUT2D eigenvalue weighted by Gasteiger charge is -2.09. The molecule has 6 nitrogen and oxygen atoms in total. The predicted octanol–water partition coefficient (Wildman–Crippen LogP) is 3.54. The van der Waals surface area contributed by atoms with Crippen LogP contribution in [0.1, 0.15) is 11.1 Å². The van der Waals surface area contributed by atoms with Crippen LogP contribution in [0.15, 0.2) is 54.7 Å². The van der Waals surface area contributed by atoms with E-state index >= 15 is 0 Å². The number of aromatic nitrogens is 3. The third-order valence-electron chi connectivity index (χ3n) is 3.47. The molecule has 0 aliphatic rings. The lowest BCUT2D eigenvalue weighted by atomic mass is 10.1. The van der Waals surface area contributed by atoms with Gasteiger partial charge in [-0.25, -0.2) is 0 Å². The first-order chi connectivity index (χ1) is 11.7. The second kappa shape index (κ2) is 7.41. The summed E-state index contributed by atoms with van der Waals surface area (Å²) in [6.07, 6.45) is 1.58. The number of nitrogens with one attached hydrogen (secondary N) is 2. The van der Waals surface area contributed by atoms with E-state index in [0.29, 0.717) is 18.3 Å². The Bertz CT molecular complexity index is 805. The SMILES string of the molecule is COc1cccc(Nc2cnnc(NCc3ccc(C)cc3)n2)c1. The van der Waals surface area contributed by atoms with Crippen LogP contribution in [0.2, 0.25) is 0 Å². The Morgan fingerprint density at radius 2 is 1.92 bits per heavy atom. The third kappa shape index (κ3) is 4.19. The number of benzene rings is 2. The van der Waals surface area contributed by atoms with Crippen molar-refractivity contribution >= 4 is 17.5 Å². The summed E-state index contributed by atoms with van der Waals surface area (Å²) in [4.78, 5) is 4.42. The van der Waals surface area contributed by atoms with Gasteiger partial charge < -0.3 is 15.4 Å². The molecule has 0 saturated heterocycles. The minimum atomic E-state index is 0.475. The first kappa shape index (κ1) is 15.7. The number of rotatable bonds is 6. The molecule has 24 heavy (non-hydrogen) atoms. The molecule has 6 heteroatoms. The molecule has 0 radical (unpaired) electrons. The van der Waals surface area contributed by atoms with Crippen LogP contribution in [-0.2, 0) is 6.54 Å². The van der Waals surface area contributed by atoms with Crippen LogP contribution < -0.4 is 15.4 Å². The number of aryl methyl sites for hydroxylation is 1. The van der Waals surface area contributed by atoms with Gasteiger partial charge in [-0.1, -0.05) is 35.9 Å².